The van der Waals surface area contributed by atoms with Crippen molar-refractivity contribution >= 4 is 39.1 Å². The van der Waals surface area contributed by atoms with Crippen LogP contribution in [0, 0.1) is 6.92 Å². The Morgan fingerprint density at radius 2 is 2.03 bits per heavy atom. The van der Waals surface area contributed by atoms with E-state index in [2.05, 4.69) is 10.3 Å². The lowest BCUT2D eigenvalue weighted by molar-refractivity contribution is -0.137. The SMILES string of the molecule is Cc1c(C(=O)N2CCCCC2C)sc2ncn(CC(=O)Nc3cccc(C(F)(F)F)c3)c(=O)c12. The maximum Gasteiger partial charge on any atom is 0.416 e. The van der Waals surface area contributed by atoms with Crippen LogP contribution < -0.4 is 10.9 Å². The van der Waals surface area contributed by atoms with Crippen molar-refractivity contribution in [2.75, 3.05) is 11.9 Å². The van der Waals surface area contributed by atoms with Gasteiger partial charge in [-0.05, 0) is 56.9 Å². The van der Waals surface area contributed by atoms with Gasteiger partial charge in [0.1, 0.15) is 11.4 Å². The fraction of sp³-hybridized carbons (Fsp3) is 0.391. The molecule has 1 saturated heterocycles. The molecule has 1 aliphatic rings. The molecule has 4 rings (SSSR count). The van der Waals surface area contributed by atoms with Gasteiger partial charge in [-0.3, -0.25) is 19.0 Å². The summed E-state index contributed by atoms with van der Waals surface area (Å²) >= 11 is 1.15. The van der Waals surface area contributed by atoms with E-state index in [1.54, 1.807) is 6.92 Å². The van der Waals surface area contributed by atoms with Crippen molar-refractivity contribution in [3.05, 3.63) is 57.0 Å². The lowest BCUT2D eigenvalue weighted by atomic mass is 10.0. The standard InChI is InChI=1S/C23H23F3N4O3S/c1-13-6-3-4-9-30(13)22(33)19-14(2)18-20(34-19)27-12-29(21(18)32)11-17(31)28-16-8-5-7-15(10-16)23(24,25)26/h5,7-8,10,12-13H,3-4,6,9,11H2,1-2H3,(H,28,31). The van der Waals surface area contributed by atoms with Gasteiger partial charge in [-0.15, -0.1) is 11.3 Å². The second kappa shape index (κ2) is 9.21. The number of amides is 2. The number of aryl methyl sites for hydroxylation is 1. The number of likely N-dealkylation sites (tertiary alicyclic amines) is 1. The molecule has 1 N–H and O–H groups in total. The Labute approximate surface area is 197 Å². The molecule has 0 spiro atoms. The monoisotopic (exact) mass is 492 g/mol. The van der Waals surface area contributed by atoms with Gasteiger partial charge in [0.15, 0.2) is 0 Å². The molecule has 3 aromatic rings. The van der Waals surface area contributed by atoms with Crippen LogP contribution in [0.3, 0.4) is 0 Å². The molecule has 1 aromatic carbocycles. The van der Waals surface area contributed by atoms with Gasteiger partial charge in [0.2, 0.25) is 5.91 Å². The molecule has 180 valence electrons. The number of nitrogens with one attached hydrogen (secondary N) is 1. The number of nitrogens with zero attached hydrogens (tertiary/aromatic N) is 3. The predicted octanol–water partition coefficient (Wildman–Crippen LogP) is 4.44. The highest BCUT2D eigenvalue weighted by atomic mass is 32.1. The number of benzene rings is 1. The van der Waals surface area contributed by atoms with Gasteiger partial charge in [0.05, 0.1) is 22.2 Å². The number of hydrogen-bond donors (Lipinski definition) is 1. The highest BCUT2D eigenvalue weighted by Crippen LogP contribution is 2.31. The van der Waals surface area contributed by atoms with E-state index in [0.717, 1.165) is 47.3 Å². The highest BCUT2D eigenvalue weighted by molar-refractivity contribution is 7.20. The van der Waals surface area contributed by atoms with E-state index in [4.69, 9.17) is 0 Å². The Balaban J connectivity index is 1.57. The summed E-state index contributed by atoms with van der Waals surface area (Å²) in [5, 5.41) is 2.65. The number of carbonyl (C=O) groups excluding carboxylic acids is 2. The van der Waals surface area contributed by atoms with Crippen LogP contribution in [0.4, 0.5) is 18.9 Å². The Bertz CT molecular complexity index is 1320. The van der Waals surface area contributed by atoms with Crippen LogP contribution in [-0.4, -0.2) is 38.9 Å². The largest absolute Gasteiger partial charge is 0.416 e. The third kappa shape index (κ3) is 4.70. The first-order valence-electron chi connectivity index (χ1n) is 10.8. The van der Waals surface area contributed by atoms with Crippen LogP contribution in [-0.2, 0) is 17.5 Å². The molecule has 1 fully saturated rings. The van der Waals surface area contributed by atoms with E-state index in [0.29, 0.717) is 21.8 Å². The molecule has 1 aliphatic heterocycles. The Kier molecular flexibility index (Phi) is 6.48. The van der Waals surface area contributed by atoms with Gasteiger partial charge < -0.3 is 10.2 Å². The number of thiophene rings is 1. The second-order valence-corrected chi connectivity index (χ2v) is 9.38. The number of rotatable bonds is 4. The highest BCUT2D eigenvalue weighted by Gasteiger charge is 2.31. The maximum absolute atomic E-state index is 13.1. The van der Waals surface area contributed by atoms with Crippen LogP contribution >= 0.6 is 11.3 Å². The molecule has 1 atom stereocenters. The summed E-state index contributed by atoms with van der Waals surface area (Å²) in [5.74, 6) is -0.796. The molecule has 2 aromatic heterocycles. The van der Waals surface area contributed by atoms with Gasteiger partial charge in [0, 0.05) is 18.3 Å². The van der Waals surface area contributed by atoms with Crippen LogP contribution in [0.15, 0.2) is 35.4 Å². The molecule has 0 bridgehead atoms. The zero-order valence-corrected chi connectivity index (χ0v) is 19.4. The van der Waals surface area contributed by atoms with E-state index in [1.165, 1.54) is 18.5 Å². The van der Waals surface area contributed by atoms with Gasteiger partial charge in [0.25, 0.3) is 11.5 Å². The quantitative estimate of drug-likeness (QED) is 0.584. The normalized spacial score (nSPS) is 16.6. The molecule has 0 saturated carbocycles. The van der Waals surface area contributed by atoms with E-state index < -0.39 is 29.8 Å². The average Bonchev–Trinajstić information content (AvgIpc) is 3.12. The van der Waals surface area contributed by atoms with E-state index in [9.17, 15) is 27.6 Å². The zero-order chi connectivity index (χ0) is 24.6. The molecular weight excluding hydrogens is 469 g/mol. The van der Waals surface area contributed by atoms with Gasteiger partial charge in [-0.1, -0.05) is 6.07 Å². The second-order valence-electron chi connectivity index (χ2n) is 8.38. The zero-order valence-electron chi connectivity index (χ0n) is 18.6. The van der Waals surface area contributed by atoms with Gasteiger partial charge in [-0.2, -0.15) is 13.2 Å². The van der Waals surface area contributed by atoms with E-state index in [-0.39, 0.29) is 23.0 Å². The Morgan fingerprint density at radius 1 is 1.26 bits per heavy atom. The molecule has 1 unspecified atom stereocenters. The summed E-state index contributed by atoms with van der Waals surface area (Å²) in [6.45, 7) is 3.94. The number of hydrogen-bond acceptors (Lipinski definition) is 5. The number of anilines is 1. The van der Waals surface area contributed by atoms with E-state index >= 15 is 0 Å². The lowest BCUT2D eigenvalue weighted by Crippen LogP contribution is -2.41. The third-order valence-corrected chi connectivity index (χ3v) is 7.15. The molecule has 3 heterocycles. The van der Waals surface area contributed by atoms with Crippen LogP contribution in [0.2, 0.25) is 0 Å². The van der Waals surface area contributed by atoms with Crippen LogP contribution in [0.5, 0.6) is 0 Å². The number of piperidine rings is 1. The smallest absolute Gasteiger partial charge is 0.335 e. The van der Waals surface area contributed by atoms with Crippen molar-refractivity contribution in [1.29, 1.82) is 0 Å². The minimum absolute atomic E-state index is 0.0304. The fourth-order valence-electron chi connectivity index (χ4n) is 4.13. The molecule has 0 radical (unpaired) electrons. The minimum atomic E-state index is -4.54. The molecule has 34 heavy (non-hydrogen) atoms. The summed E-state index contributed by atoms with van der Waals surface area (Å²) in [4.78, 5) is 45.6. The third-order valence-electron chi connectivity index (χ3n) is 5.96. The lowest BCUT2D eigenvalue weighted by Gasteiger charge is -2.33. The topological polar surface area (TPSA) is 84.3 Å². The first-order chi connectivity index (χ1) is 16.1. The number of alkyl halides is 3. The summed E-state index contributed by atoms with van der Waals surface area (Å²) < 4.78 is 39.8. The van der Waals surface area contributed by atoms with Gasteiger partial charge in [-0.25, -0.2) is 4.98 Å². The number of fused-ring (bicyclic) bond motifs is 1. The van der Waals surface area contributed by atoms with Crippen molar-refractivity contribution < 1.29 is 22.8 Å². The Hall–Kier alpha value is -3.21. The molecule has 7 nitrogen and oxygen atoms in total. The van der Waals surface area contributed by atoms with E-state index in [1.807, 2.05) is 11.8 Å². The minimum Gasteiger partial charge on any atom is -0.335 e. The van der Waals surface area contributed by atoms with Crippen LogP contribution in [0.25, 0.3) is 10.2 Å². The maximum atomic E-state index is 13.1. The van der Waals surface area contributed by atoms with Crippen molar-refractivity contribution in [2.45, 2.75) is 51.9 Å². The van der Waals surface area contributed by atoms with Gasteiger partial charge >= 0.3 is 6.18 Å². The van der Waals surface area contributed by atoms with Crippen LogP contribution in [0.1, 0.15) is 47.0 Å². The number of aromatic nitrogens is 2. The van der Waals surface area contributed by atoms with Crippen molar-refractivity contribution in [2.24, 2.45) is 0 Å². The summed E-state index contributed by atoms with van der Waals surface area (Å²) in [6.07, 6.45) is -0.382. The molecular formula is C23H23F3N4O3S. The first kappa shape index (κ1) is 23.9. The summed E-state index contributed by atoms with van der Waals surface area (Å²) in [5.41, 5.74) is -0.881. The number of carbonyl (C=O) groups is 2. The fourth-order valence-corrected chi connectivity index (χ4v) is 5.23. The van der Waals surface area contributed by atoms with Crippen molar-refractivity contribution in [1.82, 2.24) is 14.5 Å². The molecule has 2 amide bonds. The average molecular weight is 493 g/mol. The Morgan fingerprint density at radius 3 is 2.74 bits per heavy atom. The first-order valence-corrected chi connectivity index (χ1v) is 11.6. The molecule has 0 aliphatic carbocycles. The summed E-state index contributed by atoms with van der Waals surface area (Å²) in [6, 6.07) is 4.37. The van der Waals surface area contributed by atoms with Crippen molar-refractivity contribution in [3.8, 4) is 0 Å². The summed E-state index contributed by atoms with van der Waals surface area (Å²) in [7, 11) is 0. The number of halogens is 3. The van der Waals surface area contributed by atoms with Crippen molar-refractivity contribution in [3.63, 3.8) is 0 Å². The molecule has 11 heteroatoms. The predicted molar refractivity (Wildman–Crippen MR) is 123 cm³/mol.